The van der Waals surface area contributed by atoms with Crippen LogP contribution >= 0.6 is 0 Å². The first-order chi connectivity index (χ1) is 28.3. The van der Waals surface area contributed by atoms with Crippen LogP contribution in [0.5, 0.6) is 17.2 Å². The van der Waals surface area contributed by atoms with Crippen molar-refractivity contribution in [3.8, 4) is 61.8 Å². The van der Waals surface area contributed by atoms with Crippen LogP contribution in [0.1, 0.15) is 182 Å². The number of aromatic hydroxyl groups is 2. The minimum absolute atomic E-state index is 0.236. The lowest BCUT2D eigenvalue weighted by Crippen LogP contribution is -2.06. The molecule has 5 aromatic carbocycles. The van der Waals surface area contributed by atoms with Gasteiger partial charge in [-0.1, -0.05) is 107 Å². The molecule has 60 heavy (non-hydrogen) atoms. The summed E-state index contributed by atoms with van der Waals surface area (Å²) in [5, 5.41) is 25.4. The molecule has 5 aromatic rings. The summed E-state index contributed by atoms with van der Waals surface area (Å²) < 4.78 is 12.6. The molecule has 0 unspecified atom stereocenters. The highest BCUT2D eigenvalue weighted by Gasteiger charge is 2.28. The smallest absolute Gasteiger partial charge is 0.135 e. The van der Waals surface area contributed by atoms with Crippen LogP contribution in [0.3, 0.4) is 0 Å². The topological polar surface area (TPSA) is 58.9 Å². The van der Waals surface area contributed by atoms with Gasteiger partial charge in [0.15, 0.2) is 0 Å². The van der Waals surface area contributed by atoms with Crippen LogP contribution in [0.2, 0.25) is 0 Å². The van der Waals surface area contributed by atoms with E-state index in [2.05, 4.69) is 165 Å². The molecular formula is C56H74O4. The number of rotatable bonds is 16. The van der Waals surface area contributed by atoms with Gasteiger partial charge < -0.3 is 19.7 Å². The molecule has 0 radical (unpaired) electrons. The largest absolute Gasteiger partial charge is 0.507 e. The molecule has 0 aromatic heterocycles. The highest BCUT2D eigenvalue weighted by molar-refractivity contribution is 5.94. The second-order valence-corrected chi connectivity index (χ2v) is 19.1. The number of ether oxygens (including phenoxy) is 2. The minimum atomic E-state index is 0.236. The van der Waals surface area contributed by atoms with E-state index >= 15 is 0 Å². The van der Waals surface area contributed by atoms with E-state index in [1.807, 2.05) is 6.92 Å². The fraction of sp³-hybridized carbons (Fsp3) is 0.464. The van der Waals surface area contributed by atoms with E-state index in [4.69, 9.17) is 9.47 Å². The monoisotopic (exact) mass is 811 g/mol. The molecule has 0 amide bonds. The summed E-state index contributed by atoms with van der Waals surface area (Å²) in [4.78, 5) is 0. The van der Waals surface area contributed by atoms with Gasteiger partial charge in [-0.3, -0.25) is 0 Å². The summed E-state index contributed by atoms with van der Waals surface area (Å²) >= 11 is 0. The molecule has 0 heterocycles. The Balaban J connectivity index is 1.87. The molecule has 0 saturated heterocycles. The van der Waals surface area contributed by atoms with Crippen LogP contribution in [0.15, 0.2) is 60.7 Å². The Labute approximate surface area is 363 Å². The zero-order valence-electron chi connectivity index (χ0n) is 39.8. The lowest BCUT2D eigenvalue weighted by molar-refractivity contribution is 0.131. The van der Waals surface area contributed by atoms with Crippen molar-refractivity contribution in [3.63, 3.8) is 0 Å². The summed E-state index contributed by atoms with van der Waals surface area (Å²) in [6.07, 6.45) is 0.700. The van der Waals surface area contributed by atoms with Crippen molar-refractivity contribution in [2.75, 3.05) is 19.8 Å². The standard InChI is InChI=1S/C56H74O4/c1-17-59-19-18-20-60-56-48(46-21-37(14)25-50(54(46)57)52-42(33(6)7)27-40(31(2)3)28-43(52)34(8)9)23-39(16)24-49(56)47-22-38(15)26-51(55(47)58)53-44(35(10)11)29-41(32(4)5)30-45(53)36(12)13/h21-36,57-58H,17-20H2,1-16H3. The van der Waals surface area contributed by atoms with Crippen LogP contribution in [0.4, 0.5) is 0 Å². The molecule has 4 heteroatoms. The zero-order chi connectivity index (χ0) is 44.3. The van der Waals surface area contributed by atoms with Crippen LogP contribution in [-0.2, 0) is 4.74 Å². The Bertz CT molecular complexity index is 2090. The van der Waals surface area contributed by atoms with Crippen molar-refractivity contribution in [2.24, 2.45) is 0 Å². The predicted octanol–water partition coefficient (Wildman–Crippen LogP) is 16.2. The van der Waals surface area contributed by atoms with E-state index in [9.17, 15) is 10.2 Å². The van der Waals surface area contributed by atoms with Crippen LogP contribution < -0.4 is 4.74 Å². The van der Waals surface area contributed by atoms with E-state index in [1.54, 1.807) is 0 Å². The SMILES string of the molecule is CCOCCCOc1c(-c2cc(C)cc(-c3c(C(C)C)cc(C(C)C)cc3C(C)C)c2O)cc(C)cc1-c1cc(C)cc(-c2c(C(C)C)cc(C(C)C)cc2C(C)C)c1O. The number of hydrogen-bond acceptors (Lipinski definition) is 4. The first kappa shape index (κ1) is 46.5. The maximum Gasteiger partial charge on any atom is 0.135 e. The van der Waals surface area contributed by atoms with E-state index in [0.717, 1.165) is 50.1 Å². The van der Waals surface area contributed by atoms with E-state index < -0.39 is 0 Å². The molecule has 4 nitrogen and oxygen atoms in total. The van der Waals surface area contributed by atoms with Crippen molar-refractivity contribution >= 4 is 0 Å². The molecule has 322 valence electrons. The third-order valence-corrected chi connectivity index (χ3v) is 12.0. The molecule has 0 saturated carbocycles. The molecule has 0 aliphatic carbocycles. The van der Waals surface area contributed by atoms with Gasteiger partial charge in [0.05, 0.1) is 6.61 Å². The number of phenols is 2. The van der Waals surface area contributed by atoms with E-state index in [-0.39, 0.29) is 35.2 Å². The van der Waals surface area contributed by atoms with Gasteiger partial charge in [0, 0.05) is 53.0 Å². The average molecular weight is 811 g/mol. The molecule has 5 rings (SSSR count). The number of hydrogen-bond donors (Lipinski definition) is 2. The van der Waals surface area contributed by atoms with Crippen molar-refractivity contribution in [2.45, 2.75) is 153 Å². The van der Waals surface area contributed by atoms with E-state index in [0.29, 0.717) is 55.0 Å². The predicted molar refractivity (Wildman–Crippen MR) is 257 cm³/mol. The molecule has 0 aliphatic rings. The Morgan fingerprint density at radius 3 is 1.03 bits per heavy atom. The van der Waals surface area contributed by atoms with Crippen molar-refractivity contribution in [1.82, 2.24) is 0 Å². The molecule has 0 bridgehead atoms. The summed E-state index contributed by atoms with van der Waals surface area (Å²) in [7, 11) is 0. The fourth-order valence-electron chi connectivity index (χ4n) is 8.69. The summed E-state index contributed by atoms with van der Waals surface area (Å²) in [6.45, 7) is 36.9. The zero-order valence-corrected chi connectivity index (χ0v) is 39.8. The Morgan fingerprint density at radius 2 is 0.733 bits per heavy atom. The number of benzene rings is 5. The quantitative estimate of drug-likeness (QED) is 0.0975. The van der Waals surface area contributed by atoms with E-state index in [1.165, 1.54) is 33.4 Å². The summed E-state index contributed by atoms with van der Waals surface area (Å²) in [5.41, 5.74) is 17.7. The lowest BCUT2D eigenvalue weighted by Gasteiger charge is -2.26. The second-order valence-electron chi connectivity index (χ2n) is 19.1. The Kier molecular flexibility index (Phi) is 15.1. The molecule has 0 atom stereocenters. The fourth-order valence-corrected chi connectivity index (χ4v) is 8.69. The van der Waals surface area contributed by atoms with Gasteiger partial charge in [-0.25, -0.2) is 0 Å². The van der Waals surface area contributed by atoms with Gasteiger partial charge in [0.1, 0.15) is 17.2 Å². The van der Waals surface area contributed by atoms with Crippen LogP contribution in [0, 0.1) is 20.8 Å². The summed E-state index contributed by atoms with van der Waals surface area (Å²) in [5.74, 6) is 2.89. The minimum Gasteiger partial charge on any atom is -0.507 e. The second kappa shape index (κ2) is 19.4. The maximum absolute atomic E-state index is 12.7. The normalized spacial score (nSPS) is 12.0. The van der Waals surface area contributed by atoms with Crippen LogP contribution in [0.25, 0.3) is 44.5 Å². The average Bonchev–Trinajstić information content (AvgIpc) is 3.18. The van der Waals surface area contributed by atoms with Gasteiger partial charge in [0.25, 0.3) is 0 Å². The molecular weight excluding hydrogens is 737 g/mol. The lowest BCUT2D eigenvalue weighted by atomic mass is 9.80. The Morgan fingerprint density at radius 1 is 0.417 bits per heavy atom. The summed E-state index contributed by atoms with van der Waals surface area (Å²) in [6, 6.07) is 22.1. The molecule has 0 spiro atoms. The van der Waals surface area contributed by atoms with Gasteiger partial charge in [-0.15, -0.1) is 0 Å². The third-order valence-electron chi connectivity index (χ3n) is 12.0. The number of aryl methyl sites for hydroxylation is 3. The van der Waals surface area contributed by atoms with Crippen LogP contribution in [-0.4, -0.2) is 30.0 Å². The van der Waals surface area contributed by atoms with Gasteiger partial charge >= 0.3 is 0 Å². The molecule has 2 N–H and O–H groups in total. The highest BCUT2D eigenvalue weighted by Crippen LogP contribution is 2.52. The molecule has 0 aliphatic heterocycles. The molecule has 0 fully saturated rings. The Hall–Kier alpha value is -4.54. The van der Waals surface area contributed by atoms with Crippen molar-refractivity contribution < 1.29 is 19.7 Å². The first-order valence-electron chi connectivity index (χ1n) is 22.7. The first-order valence-corrected chi connectivity index (χ1v) is 22.7. The van der Waals surface area contributed by atoms with Crippen molar-refractivity contribution in [1.29, 1.82) is 0 Å². The van der Waals surface area contributed by atoms with Crippen molar-refractivity contribution in [3.05, 3.63) is 111 Å². The third kappa shape index (κ3) is 9.81. The van der Waals surface area contributed by atoms with Gasteiger partial charge in [0.2, 0.25) is 0 Å². The van der Waals surface area contributed by atoms with Gasteiger partial charge in [-0.2, -0.15) is 0 Å². The highest BCUT2D eigenvalue weighted by atomic mass is 16.5. The maximum atomic E-state index is 12.7. The van der Waals surface area contributed by atoms with Gasteiger partial charge in [-0.05, 0) is 161 Å². The number of phenolic OH excluding ortho intramolecular Hbond substituents is 2.